The molecule has 0 aromatic carbocycles. The fourth-order valence-electron chi connectivity index (χ4n) is 0.934. The Morgan fingerprint density at radius 2 is 2.36 bits per heavy atom. The summed E-state index contributed by atoms with van der Waals surface area (Å²) >= 11 is 5.86. The largest absolute Gasteiger partial charge is 0.220 e. The van der Waals surface area contributed by atoms with E-state index in [0.29, 0.717) is 5.02 Å². The van der Waals surface area contributed by atoms with Crippen LogP contribution >= 0.6 is 11.6 Å². The van der Waals surface area contributed by atoms with E-state index in [4.69, 9.17) is 11.6 Å². The lowest BCUT2D eigenvalue weighted by Crippen LogP contribution is -1.87. The van der Waals surface area contributed by atoms with Gasteiger partial charge in [0.25, 0.3) is 0 Å². The van der Waals surface area contributed by atoms with Crippen molar-refractivity contribution in [2.75, 3.05) is 0 Å². The van der Waals surface area contributed by atoms with Crippen LogP contribution in [-0.4, -0.2) is 14.6 Å². The van der Waals surface area contributed by atoms with Gasteiger partial charge in [-0.15, -0.1) is 0 Å². The average molecular weight is 168 g/mol. The zero-order valence-corrected chi connectivity index (χ0v) is 6.71. The highest BCUT2D eigenvalue weighted by Crippen LogP contribution is 2.14. The Balaban J connectivity index is 2.86. The Bertz CT molecular complexity index is 357. The predicted molar refractivity (Wildman–Crippen MR) is 42.7 cm³/mol. The topological polar surface area (TPSA) is 30.2 Å². The molecular formula is C7H6ClN3. The first-order chi connectivity index (χ1) is 5.27. The molecule has 0 aliphatic rings. The van der Waals surface area contributed by atoms with E-state index in [-0.39, 0.29) is 0 Å². The Hall–Kier alpha value is -1.09. The van der Waals surface area contributed by atoms with Gasteiger partial charge < -0.3 is 0 Å². The summed E-state index contributed by atoms with van der Waals surface area (Å²) in [5.74, 6) is 0. The molecule has 0 saturated carbocycles. The molecule has 2 heterocycles. The Kier molecular flexibility index (Phi) is 1.32. The first-order valence-electron chi connectivity index (χ1n) is 3.23. The molecular weight excluding hydrogens is 162 g/mol. The molecule has 0 spiro atoms. The highest BCUT2D eigenvalue weighted by Gasteiger charge is 1.98. The van der Waals surface area contributed by atoms with Crippen molar-refractivity contribution in [3.63, 3.8) is 0 Å². The molecule has 0 N–H and O–H groups in total. The summed E-state index contributed by atoms with van der Waals surface area (Å²) in [5, 5.41) is 4.65. The molecule has 2 aromatic rings. The lowest BCUT2D eigenvalue weighted by atomic mass is 10.3. The molecule has 0 bridgehead atoms. The van der Waals surface area contributed by atoms with E-state index in [0.717, 1.165) is 11.2 Å². The summed E-state index contributed by atoms with van der Waals surface area (Å²) in [6.07, 6.45) is 3.25. The normalized spacial score (nSPS) is 10.7. The van der Waals surface area contributed by atoms with Crippen LogP contribution in [0.5, 0.6) is 0 Å². The van der Waals surface area contributed by atoms with Gasteiger partial charge >= 0.3 is 0 Å². The molecule has 0 amide bonds. The highest BCUT2D eigenvalue weighted by molar-refractivity contribution is 6.31. The molecule has 0 fully saturated rings. The molecule has 0 radical (unpaired) electrons. The van der Waals surface area contributed by atoms with Gasteiger partial charge in [-0.1, -0.05) is 11.6 Å². The Morgan fingerprint density at radius 3 is 3.18 bits per heavy atom. The average Bonchev–Trinajstić information content (AvgIpc) is 2.36. The Labute approximate surface area is 68.6 Å². The van der Waals surface area contributed by atoms with Gasteiger partial charge in [0.2, 0.25) is 0 Å². The standard InChI is InChI=1S/C7H6ClN3/c1-5-2-7-9-4-10-11(7)3-6(5)8/h2-4H,1H3. The van der Waals surface area contributed by atoms with Gasteiger partial charge in [-0.25, -0.2) is 9.50 Å². The van der Waals surface area contributed by atoms with Crippen LogP contribution in [0.25, 0.3) is 5.65 Å². The molecule has 2 rings (SSSR count). The van der Waals surface area contributed by atoms with Crippen LogP contribution in [0.3, 0.4) is 0 Å². The molecule has 0 atom stereocenters. The van der Waals surface area contributed by atoms with Crippen molar-refractivity contribution in [3.8, 4) is 0 Å². The number of pyridine rings is 1. The van der Waals surface area contributed by atoms with Crippen LogP contribution in [0, 0.1) is 6.92 Å². The van der Waals surface area contributed by atoms with E-state index in [1.165, 1.54) is 6.33 Å². The molecule has 3 nitrogen and oxygen atoms in total. The van der Waals surface area contributed by atoms with Crippen molar-refractivity contribution in [2.45, 2.75) is 6.92 Å². The molecule has 0 aliphatic heterocycles. The maximum atomic E-state index is 5.86. The number of rotatable bonds is 0. The van der Waals surface area contributed by atoms with Crippen LogP contribution in [0.4, 0.5) is 0 Å². The van der Waals surface area contributed by atoms with Crippen molar-refractivity contribution in [2.24, 2.45) is 0 Å². The zero-order chi connectivity index (χ0) is 7.84. The highest BCUT2D eigenvalue weighted by atomic mass is 35.5. The first-order valence-corrected chi connectivity index (χ1v) is 3.60. The van der Waals surface area contributed by atoms with E-state index in [1.807, 2.05) is 13.0 Å². The van der Waals surface area contributed by atoms with Crippen LogP contribution in [0.2, 0.25) is 5.02 Å². The summed E-state index contributed by atoms with van der Waals surface area (Å²) in [5.41, 5.74) is 1.85. The smallest absolute Gasteiger partial charge is 0.155 e. The lowest BCUT2D eigenvalue weighted by Gasteiger charge is -1.96. The Morgan fingerprint density at radius 1 is 1.55 bits per heavy atom. The van der Waals surface area contributed by atoms with Gasteiger partial charge in [-0.05, 0) is 18.6 Å². The minimum absolute atomic E-state index is 0.711. The molecule has 0 aliphatic carbocycles. The summed E-state index contributed by atoms with van der Waals surface area (Å²) in [4.78, 5) is 4.01. The second-order valence-electron chi connectivity index (χ2n) is 2.37. The SMILES string of the molecule is Cc1cc2ncnn2cc1Cl. The van der Waals surface area contributed by atoms with E-state index in [1.54, 1.807) is 10.7 Å². The zero-order valence-electron chi connectivity index (χ0n) is 5.95. The monoisotopic (exact) mass is 167 g/mol. The minimum Gasteiger partial charge on any atom is -0.220 e. The van der Waals surface area contributed by atoms with Crippen LogP contribution in [-0.2, 0) is 0 Å². The molecule has 56 valence electrons. The molecule has 11 heavy (non-hydrogen) atoms. The van der Waals surface area contributed by atoms with Crippen LogP contribution < -0.4 is 0 Å². The van der Waals surface area contributed by atoms with Crippen LogP contribution in [0.15, 0.2) is 18.6 Å². The number of nitrogens with zero attached hydrogens (tertiary/aromatic N) is 3. The van der Waals surface area contributed by atoms with Gasteiger partial charge in [-0.2, -0.15) is 5.10 Å². The molecule has 0 unspecified atom stereocenters. The van der Waals surface area contributed by atoms with E-state index < -0.39 is 0 Å². The van der Waals surface area contributed by atoms with Crippen molar-refractivity contribution < 1.29 is 0 Å². The van der Waals surface area contributed by atoms with Crippen molar-refractivity contribution in [3.05, 3.63) is 29.2 Å². The molecule has 0 saturated heterocycles. The maximum Gasteiger partial charge on any atom is 0.155 e. The summed E-state index contributed by atoms with van der Waals surface area (Å²) in [6, 6.07) is 1.90. The number of hydrogen-bond donors (Lipinski definition) is 0. The first kappa shape index (κ1) is 6.61. The van der Waals surface area contributed by atoms with E-state index >= 15 is 0 Å². The summed E-state index contributed by atoms with van der Waals surface area (Å²) < 4.78 is 1.65. The third-order valence-corrected chi connectivity index (χ3v) is 1.95. The molecule has 2 aromatic heterocycles. The van der Waals surface area contributed by atoms with Crippen LogP contribution in [0.1, 0.15) is 5.56 Å². The van der Waals surface area contributed by atoms with Crippen molar-refractivity contribution in [1.82, 2.24) is 14.6 Å². The summed E-state index contributed by atoms with van der Waals surface area (Å²) in [7, 11) is 0. The lowest BCUT2D eigenvalue weighted by molar-refractivity contribution is 0.958. The fraction of sp³-hybridized carbons (Fsp3) is 0.143. The maximum absolute atomic E-state index is 5.86. The van der Waals surface area contributed by atoms with Gasteiger partial charge in [0.05, 0.1) is 5.02 Å². The second kappa shape index (κ2) is 2.20. The number of aromatic nitrogens is 3. The van der Waals surface area contributed by atoms with Crippen molar-refractivity contribution in [1.29, 1.82) is 0 Å². The summed E-state index contributed by atoms with van der Waals surface area (Å²) in [6.45, 7) is 1.94. The minimum atomic E-state index is 0.711. The number of halogens is 1. The third-order valence-electron chi connectivity index (χ3n) is 1.56. The quantitative estimate of drug-likeness (QED) is 0.598. The fourth-order valence-corrected chi connectivity index (χ4v) is 1.08. The number of fused-ring (bicyclic) bond motifs is 1. The van der Waals surface area contributed by atoms with E-state index in [2.05, 4.69) is 10.1 Å². The number of hydrogen-bond acceptors (Lipinski definition) is 2. The third kappa shape index (κ3) is 0.973. The van der Waals surface area contributed by atoms with Crippen molar-refractivity contribution >= 4 is 17.2 Å². The van der Waals surface area contributed by atoms with Gasteiger partial charge in [0.15, 0.2) is 5.65 Å². The van der Waals surface area contributed by atoms with Gasteiger partial charge in [0, 0.05) is 6.20 Å². The number of aryl methyl sites for hydroxylation is 1. The van der Waals surface area contributed by atoms with Gasteiger partial charge in [0.1, 0.15) is 6.33 Å². The second-order valence-corrected chi connectivity index (χ2v) is 2.77. The van der Waals surface area contributed by atoms with Gasteiger partial charge in [-0.3, -0.25) is 0 Å². The predicted octanol–water partition coefficient (Wildman–Crippen LogP) is 1.69. The van der Waals surface area contributed by atoms with E-state index in [9.17, 15) is 0 Å². The molecule has 4 heteroatoms.